The van der Waals surface area contributed by atoms with Crippen LogP contribution in [0.4, 0.5) is 4.79 Å². The van der Waals surface area contributed by atoms with E-state index >= 15 is 0 Å². The zero-order valence-corrected chi connectivity index (χ0v) is 5.11. The van der Waals surface area contributed by atoms with E-state index < -0.39 is 5.43 Å². The number of hydrogen-bond donors (Lipinski definition) is 2. The van der Waals surface area contributed by atoms with Gasteiger partial charge in [-0.15, -0.1) is 0 Å². The molecule has 5 nitrogen and oxygen atoms in total. The molecular weight excluding hydrogens is 135 g/mol. The van der Waals surface area contributed by atoms with Crippen LogP contribution in [0, 0.1) is 0 Å². The van der Waals surface area contributed by atoms with Crippen molar-refractivity contribution in [3.63, 3.8) is 0 Å². The topological polar surface area (TPSA) is 110 Å². The van der Waals surface area contributed by atoms with Crippen LogP contribution in [0.5, 0.6) is 0 Å². The summed E-state index contributed by atoms with van der Waals surface area (Å²) in [6.45, 7) is 0. The minimum Gasteiger partial charge on any atom is -0.457 e. The maximum atomic E-state index is 9.36. The van der Waals surface area contributed by atoms with Crippen LogP contribution in [0.15, 0.2) is 0 Å². The predicted molar refractivity (Wildman–Crippen MR) is 30.2 cm³/mol. The van der Waals surface area contributed by atoms with E-state index in [1.807, 2.05) is 0 Å². The Hall–Kier alpha value is -0.360. The van der Waals surface area contributed by atoms with Gasteiger partial charge in [-0.1, -0.05) is 0 Å². The first kappa shape index (κ1) is 15.6. The lowest BCUT2D eigenvalue weighted by atomic mass is 11.5. The number of carbonyl (C=O) groups excluding carboxylic acids is 1. The minimum absolute atomic E-state index is 0. The number of methoxy groups -OCH3 is 1. The highest BCUT2D eigenvalue weighted by atomic mass is 35.5. The van der Waals surface area contributed by atoms with Crippen molar-refractivity contribution in [3.8, 4) is 0 Å². The maximum absolute atomic E-state index is 9.36. The lowest BCUT2D eigenvalue weighted by molar-refractivity contribution is 0.198. The second-order valence-corrected chi connectivity index (χ2v) is 0.750. The van der Waals surface area contributed by atoms with Gasteiger partial charge in [-0.25, -0.2) is 4.79 Å². The molecule has 0 spiro atoms. The molecule has 0 aromatic carbocycles. The molecule has 0 unspecified atom stereocenters. The average molecular weight is 145 g/mol. The van der Waals surface area contributed by atoms with Crippen molar-refractivity contribution in [2.24, 2.45) is 11.7 Å². The number of ether oxygens (including phenoxy) is 1. The van der Waals surface area contributed by atoms with Crippen molar-refractivity contribution < 1.29 is 15.0 Å². The fourth-order valence-electron chi connectivity index (χ4n) is 0. The van der Waals surface area contributed by atoms with E-state index in [1.54, 1.807) is 0 Å². The van der Waals surface area contributed by atoms with Crippen LogP contribution in [0.3, 0.4) is 0 Å². The molecule has 0 bridgehead atoms. The molecule has 0 rings (SSSR count). The number of rotatable bonds is 0. The molecule has 52 valence electrons. The smallest absolute Gasteiger partial charge is 0.403 e. The molecule has 8 heavy (non-hydrogen) atoms. The van der Waals surface area contributed by atoms with E-state index in [1.165, 1.54) is 7.11 Å². The van der Waals surface area contributed by atoms with Crippen LogP contribution in [-0.2, 0) is 4.74 Å². The Labute approximate surface area is 51.8 Å². The van der Waals surface area contributed by atoms with Gasteiger partial charge in [0.05, 0.1) is 7.11 Å². The molecule has 0 heterocycles. The highest BCUT2D eigenvalue weighted by Crippen LogP contribution is 1.78. The van der Waals surface area contributed by atoms with Crippen molar-refractivity contribution >= 4 is 17.0 Å². The summed E-state index contributed by atoms with van der Waals surface area (Å²) in [5.74, 6) is 8.00. The molecule has 0 saturated heterocycles. The normalized spacial score (nSPS) is 5.00. The average Bonchev–Trinajstić information content (AvgIpc) is 1.73. The fraction of sp³-hybridized carbons (Fsp3) is 0.500. The lowest BCUT2D eigenvalue weighted by Gasteiger charge is -1.77. The summed E-state index contributed by atoms with van der Waals surface area (Å²) in [7, 11) is 1.22. The SMILES string of the molecule is COC(=O)Cl.NN.O. The van der Waals surface area contributed by atoms with E-state index in [4.69, 9.17) is 0 Å². The second kappa shape index (κ2) is 15.9. The van der Waals surface area contributed by atoms with Gasteiger partial charge < -0.3 is 10.2 Å². The van der Waals surface area contributed by atoms with Crippen molar-refractivity contribution in [3.05, 3.63) is 0 Å². The number of hydrazine groups is 1. The van der Waals surface area contributed by atoms with Gasteiger partial charge in [0.25, 0.3) is 0 Å². The summed E-state index contributed by atoms with van der Waals surface area (Å²) in [5, 5.41) is 0. The third kappa shape index (κ3) is 45.1. The Bertz CT molecular complexity index is 50.5. The number of halogens is 1. The number of nitrogens with two attached hydrogens (primary N) is 2. The molecule has 0 amide bonds. The van der Waals surface area contributed by atoms with Crippen LogP contribution in [0.25, 0.3) is 0 Å². The first-order valence-corrected chi connectivity index (χ1v) is 1.72. The van der Waals surface area contributed by atoms with Crippen molar-refractivity contribution in [1.29, 1.82) is 0 Å². The van der Waals surface area contributed by atoms with E-state index in [0.29, 0.717) is 0 Å². The Balaban J connectivity index is -0.0000000750. The molecule has 0 aliphatic rings. The molecule has 6 N–H and O–H groups in total. The molecule has 0 aliphatic carbocycles. The van der Waals surface area contributed by atoms with Gasteiger partial charge in [0.15, 0.2) is 0 Å². The number of hydrogen-bond acceptors (Lipinski definition) is 4. The van der Waals surface area contributed by atoms with Gasteiger partial charge >= 0.3 is 5.43 Å². The third-order valence-corrected chi connectivity index (χ3v) is 0.315. The van der Waals surface area contributed by atoms with E-state index in [0.717, 1.165) is 0 Å². The largest absolute Gasteiger partial charge is 0.457 e. The molecule has 0 fully saturated rings. The molecule has 0 aromatic heterocycles. The van der Waals surface area contributed by atoms with Crippen molar-refractivity contribution in [2.45, 2.75) is 0 Å². The quantitative estimate of drug-likeness (QED) is 0.258. The van der Waals surface area contributed by atoms with Gasteiger partial charge in [0.1, 0.15) is 0 Å². The maximum Gasteiger partial charge on any atom is 0.403 e. The molecule has 0 aliphatic heterocycles. The Morgan fingerprint density at radius 2 is 1.75 bits per heavy atom. The van der Waals surface area contributed by atoms with Crippen LogP contribution in [0.1, 0.15) is 0 Å². The van der Waals surface area contributed by atoms with Gasteiger partial charge in [-0.2, -0.15) is 0 Å². The minimum atomic E-state index is -0.773. The zero-order chi connectivity index (χ0) is 6.28. The van der Waals surface area contributed by atoms with Crippen LogP contribution in [-0.4, -0.2) is 18.0 Å². The lowest BCUT2D eigenvalue weighted by Crippen LogP contribution is -2.02. The highest BCUT2D eigenvalue weighted by molar-refractivity contribution is 6.61. The molecule has 0 radical (unpaired) electrons. The zero-order valence-electron chi connectivity index (χ0n) is 4.35. The van der Waals surface area contributed by atoms with Gasteiger partial charge in [-0.3, -0.25) is 11.7 Å². The van der Waals surface area contributed by atoms with Crippen molar-refractivity contribution in [2.75, 3.05) is 7.11 Å². The van der Waals surface area contributed by atoms with Crippen molar-refractivity contribution in [1.82, 2.24) is 0 Å². The van der Waals surface area contributed by atoms with E-state index in [2.05, 4.69) is 28.0 Å². The van der Waals surface area contributed by atoms with Gasteiger partial charge in [0, 0.05) is 11.6 Å². The Kier molecular flexibility index (Phi) is 31.2. The summed E-state index contributed by atoms with van der Waals surface area (Å²) < 4.78 is 3.88. The Morgan fingerprint density at radius 3 is 1.75 bits per heavy atom. The van der Waals surface area contributed by atoms with Crippen LogP contribution in [0.2, 0.25) is 0 Å². The molecular formula is C2H9ClN2O3. The first-order chi connectivity index (χ1) is 3.27. The summed E-state index contributed by atoms with van der Waals surface area (Å²) in [6.07, 6.45) is 0. The summed E-state index contributed by atoms with van der Waals surface area (Å²) in [5.41, 5.74) is -0.773. The van der Waals surface area contributed by atoms with Crippen LogP contribution >= 0.6 is 11.6 Å². The summed E-state index contributed by atoms with van der Waals surface area (Å²) in [6, 6.07) is 0. The fourth-order valence-corrected chi connectivity index (χ4v) is 0. The number of carbonyl (C=O) groups is 1. The van der Waals surface area contributed by atoms with Crippen LogP contribution < -0.4 is 11.7 Å². The van der Waals surface area contributed by atoms with Gasteiger partial charge in [0.2, 0.25) is 0 Å². The first-order valence-electron chi connectivity index (χ1n) is 1.34. The second-order valence-electron chi connectivity index (χ2n) is 0.442. The van der Waals surface area contributed by atoms with E-state index in [-0.39, 0.29) is 5.48 Å². The Morgan fingerprint density at radius 1 is 1.62 bits per heavy atom. The van der Waals surface area contributed by atoms with Gasteiger partial charge in [-0.05, 0) is 0 Å². The monoisotopic (exact) mass is 144 g/mol. The summed E-state index contributed by atoms with van der Waals surface area (Å²) >= 11 is 4.60. The third-order valence-electron chi connectivity index (χ3n) is 0.160. The van der Waals surface area contributed by atoms with E-state index in [9.17, 15) is 4.79 Å². The molecule has 0 atom stereocenters. The highest BCUT2D eigenvalue weighted by Gasteiger charge is 1.80. The summed E-state index contributed by atoms with van der Waals surface area (Å²) in [4.78, 5) is 9.36. The molecule has 0 aromatic rings. The standard InChI is InChI=1S/C2H3ClO2.H4N2.H2O/c1-5-2(3)4;1-2;/h1H3;1-2H2;1H2. The molecule has 0 saturated carbocycles. The predicted octanol–water partition coefficient (Wildman–Crippen LogP) is -1.01. The molecule has 6 heteroatoms.